The topological polar surface area (TPSA) is 91.8 Å². The molecule has 0 N–H and O–H groups in total. The first-order valence-corrected chi connectivity index (χ1v) is 11.3. The highest BCUT2D eigenvalue weighted by molar-refractivity contribution is 7.88. The van der Waals surface area contributed by atoms with Crippen molar-refractivity contribution in [3.8, 4) is 5.75 Å². The highest BCUT2D eigenvalue weighted by atomic mass is 32.2. The van der Waals surface area contributed by atoms with E-state index in [1.807, 2.05) is 0 Å². The van der Waals surface area contributed by atoms with Gasteiger partial charge < -0.3 is 13.7 Å². The number of rotatable bonds is 7. The minimum atomic E-state index is -6.05. The molecule has 0 aliphatic rings. The molecule has 12 heteroatoms. The summed E-state index contributed by atoms with van der Waals surface area (Å²) in [6.45, 7) is 11.4. The summed E-state index contributed by atoms with van der Waals surface area (Å²) in [6, 6.07) is 1.50. The molecule has 2 aromatic rings. The molecule has 1 aromatic carbocycles. The molecule has 0 saturated carbocycles. The van der Waals surface area contributed by atoms with Crippen molar-refractivity contribution in [1.82, 2.24) is 4.98 Å². The number of carbonyl (C=O) groups is 1. The molecule has 1 aromatic heterocycles. The summed E-state index contributed by atoms with van der Waals surface area (Å²) >= 11 is 0.865. The number of ether oxygens (including phenoxy) is 2. The summed E-state index contributed by atoms with van der Waals surface area (Å²) in [5.74, 6) is -1.58. The monoisotopic (exact) mass is 481 g/mol. The molecule has 0 saturated heterocycles. The van der Waals surface area contributed by atoms with Crippen molar-refractivity contribution in [2.45, 2.75) is 51.8 Å². The van der Waals surface area contributed by atoms with E-state index in [2.05, 4.69) is 15.7 Å². The minimum Gasteiger partial charge on any atom is -0.464 e. The number of aromatic nitrogens is 1. The van der Waals surface area contributed by atoms with E-state index in [1.165, 1.54) is 19.1 Å². The molecular weight excluding hydrogens is 459 g/mol. The molecule has 0 amide bonds. The van der Waals surface area contributed by atoms with Crippen molar-refractivity contribution >= 4 is 43.7 Å². The molecule has 0 spiro atoms. The van der Waals surface area contributed by atoms with Crippen LogP contribution in [0.5, 0.6) is 5.75 Å². The third-order valence-electron chi connectivity index (χ3n) is 3.78. The van der Waals surface area contributed by atoms with E-state index in [1.54, 1.807) is 27.7 Å². The standard InChI is InChI=1S/C19H22F3NO6S2/c1-7-12-23-11-9-10(3)13(15(17(24)27-8-2)28-18(4,5)6)14(16(11)30-12)29-31(25,26)19(20,21)22/h7,9,15H,1,8H2,2-6H3/t15-/m0/s1. The van der Waals surface area contributed by atoms with Crippen LogP contribution in [0.3, 0.4) is 0 Å². The van der Waals surface area contributed by atoms with E-state index in [0.29, 0.717) is 5.01 Å². The Morgan fingerprint density at radius 3 is 2.42 bits per heavy atom. The summed E-state index contributed by atoms with van der Waals surface area (Å²) in [7, 11) is -6.05. The first kappa shape index (κ1) is 25.1. The van der Waals surface area contributed by atoms with Crippen LogP contribution in [0.1, 0.15) is 49.9 Å². The number of esters is 1. The molecule has 0 unspecified atom stereocenters. The number of nitrogens with zero attached hydrogens (tertiary/aromatic N) is 1. The molecule has 172 valence electrons. The molecule has 1 heterocycles. The van der Waals surface area contributed by atoms with Crippen molar-refractivity contribution in [2.75, 3.05) is 6.61 Å². The van der Waals surface area contributed by atoms with Gasteiger partial charge in [-0.1, -0.05) is 6.58 Å². The van der Waals surface area contributed by atoms with Crippen molar-refractivity contribution in [3.05, 3.63) is 28.8 Å². The Balaban J connectivity index is 2.88. The molecule has 2 rings (SSSR count). The summed E-state index contributed by atoms with van der Waals surface area (Å²) in [4.78, 5) is 16.9. The third kappa shape index (κ3) is 5.55. The fourth-order valence-electron chi connectivity index (χ4n) is 2.64. The van der Waals surface area contributed by atoms with Gasteiger partial charge in [0.05, 0.1) is 22.4 Å². The fourth-order valence-corrected chi connectivity index (χ4v) is 4.07. The van der Waals surface area contributed by atoms with Gasteiger partial charge in [0.1, 0.15) is 5.01 Å². The molecule has 31 heavy (non-hydrogen) atoms. The molecule has 0 fully saturated rings. The number of hydrogen-bond acceptors (Lipinski definition) is 8. The van der Waals surface area contributed by atoms with E-state index < -0.39 is 39.1 Å². The average Bonchev–Trinajstić information content (AvgIpc) is 3.01. The SMILES string of the molecule is C=Cc1nc2cc(C)c([C@H](OC(C)(C)C)C(=O)OCC)c(OS(=O)(=O)C(F)(F)F)c2s1. The summed E-state index contributed by atoms with van der Waals surface area (Å²) in [6.07, 6.45) is -0.187. The van der Waals surface area contributed by atoms with E-state index in [0.717, 1.165) is 11.3 Å². The van der Waals surface area contributed by atoms with Crippen LogP contribution in [0, 0.1) is 6.92 Å². The van der Waals surface area contributed by atoms with Gasteiger partial charge in [0, 0.05) is 5.56 Å². The van der Waals surface area contributed by atoms with Gasteiger partial charge in [0.15, 0.2) is 11.9 Å². The van der Waals surface area contributed by atoms with E-state index in [4.69, 9.17) is 9.47 Å². The molecule has 0 radical (unpaired) electrons. The Labute approximate surface area is 181 Å². The second kappa shape index (κ2) is 8.75. The summed E-state index contributed by atoms with van der Waals surface area (Å²) in [5, 5.41) is 0.324. The molecule has 0 bridgehead atoms. The summed E-state index contributed by atoms with van der Waals surface area (Å²) in [5.41, 5.74) is -6.38. The third-order valence-corrected chi connectivity index (χ3v) is 5.80. The van der Waals surface area contributed by atoms with Crippen molar-refractivity contribution in [1.29, 1.82) is 0 Å². The predicted molar refractivity (Wildman–Crippen MR) is 110 cm³/mol. The average molecular weight is 482 g/mol. The van der Waals surface area contributed by atoms with Gasteiger partial charge in [-0.3, -0.25) is 0 Å². The van der Waals surface area contributed by atoms with E-state index >= 15 is 0 Å². The number of aryl methyl sites for hydroxylation is 1. The fraction of sp³-hybridized carbons (Fsp3) is 0.474. The zero-order chi connectivity index (χ0) is 23.8. The number of thiazole rings is 1. The van der Waals surface area contributed by atoms with E-state index in [9.17, 15) is 26.4 Å². The Morgan fingerprint density at radius 2 is 1.94 bits per heavy atom. The smallest absolute Gasteiger partial charge is 0.464 e. The number of alkyl halides is 3. The maximum atomic E-state index is 13.1. The van der Waals surface area contributed by atoms with E-state index in [-0.39, 0.29) is 28.0 Å². The summed E-state index contributed by atoms with van der Waals surface area (Å²) < 4.78 is 78.4. The van der Waals surface area contributed by atoms with Crippen molar-refractivity contribution in [3.63, 3.8) is 0 Å². The lowest BCUT2D eigenvalue weighted by molar-refractivity contribution is -0.167. The number of benzene rings is 1. The Morgan fingerprint density at radius 1 is 1.32 bits per heavy atom. The molecule has 0 aliphatic heterocycles. The minimum absolute atomic E-state index is 0.00451. The number of carbonyl (C=O) groups excluding carboxylic acids is 1. The maximum absolute atomic E-state index is 13.1. The molecular formula is C19H22F3NO6S2. The van der Waals surface area contributed by atoms with Crippen LogP contribution >= 0.6 is 11.3 Å². The van der Waals surface area contributed by atoms with Crippen LogP contribution in [-0.2, 0) is 24.4 Å². The van der Waals surface area contributed by atoms with Gasteiger partial charge in [-0.05, 0) is 52.3 Å². The van der Waals surface area contributed by atoms with Gasteiger partial charge >= 0.3 is 21.6 Å². The zero-order valence-electron chi connectivity index (χ0n) is 17.5. The molecule has 1 atom stereocenters. The van der Waals surface area contributed by atoms with Crippen LogP contribution in [0.25, 0.3) is 16.3 Å². The second-order valence-electron chi connectivity index (χ2n) is 7.39. The van der Waals surface area contributed by atoms with Crippen LogP contribution < -0.4 is 4.18 Å². The van der Waals surface area contributed by atoms with Gasteiger partial charge in [-0.15, -0.1) is 11.3 Å². The highest BCUT2D eigenvalue weighted by Gasteiger charge is 2.49. The highest BCUT2D eigenvalue weighted by Crippen LogP contribution is 2.44. The number of fused-ring (bicyclic) bond motifs is 1. The lowest BCUT2D eigenvalue weighted by Gasteiger charge is -2.28. The quantitative estimate of drug-likeness (QED) is 0.316. The lowest BCUT2D eigenvalue weighted by atomic mass is 10.0. The Bertz CT molecular complexity index is 1100. The maximum Gasteiger partial charge on any atom is 0.534 e. The lowest BCUT2D eigenvalue weighted by Crippen LogP contribution is -2.31. The van der Waals surface area contributed by atoms with Gasteiger partial charge in [-0.2, -0.15) is 21.6 Å². The second-order valence-corrected chi connectivity index (χ2v) is 9.95. The van der Waals surface area contributed by atoms with Gasteiger partial charge in [0.2, 0.25) is 0 Å². The number of hydrogen-bond donors (Lipinski definition) is 0. The first-order valence-electron chi connectivity index (χ1n) is 9.03. The Kier molecular flexibility index (Phi) is 7.08. The van der Waals surface area contributed by atoms with Crippen LogP contribution in [0.2, 0.25) is 0 Å². The van der Waals surface area contributed by atoms with Crippen molar-refractivity contribution in [2.24, 2.45) is 0 Å². The number of halogens is 3. The molecule has 0 aliphatic carbocycles. The van der Waals surface area contributed by atoms with Crippen LogP contribution in [-0.4, -0.2) is 37.1 Å². The Hall–Kier alpha value is -2.18. The van der Waals surface area contributed by atoms with Gasteiger partial charge in [-0.25, -0.2) is 9.78 Å². The zero-order valence-corrected chi connectivity index (χ0v) is 19.1. The largest absolute Gasteiger partial charge is 0.534 e. The van der Waals surface area contributed by atoms with Crippen LogP contribution in [0.4, 0.5) is 13.2 Å². The predicted octanol–water partition coefficient (Wildman–Crippen LogP) is 4.90. The molecule has 7 nitrogen and oxygen atoms in total. The van der Waals surface area contributed by atoms with Gasteiger partial charge in [0.25, 0.3) is 0 Å². The normalized spacial score (nSPS) is 13.8. The van der Waals surface area contributed by atoms with Crippen LogP contribution in [0.15, 0.2) is 12.6 Å². The first-order chi connectivity index (χ1) is 14.1. The van der Waals surface area contributed by atoms with Crippen molar-refractivity contribution < 1.29 is 40.0 Å².